The van der Waals surface area contributed by atoms with Gasteiger partial charge in [0.15, 0.2) is 0 Å². The molecule has 2 atom stereocenters. The molecule has 0 aliphatic heterocycles. The molecule has 2 rings (SSSR count). The van der Waals surface area contributed by atoms with Crippen LogP contribution >= 0.6 is 11.3 Å². The van der Waals surface area contributed by atoms with Crippen LogP contribution in [0.1, 0.15) is 36.5 Å². The third kappa shape index (κ3) is 2.71. The lowest BCUT2D eigenvalue weighted by Gasteiger charge is -2.26. The van der Waals surface area contributed by atoms with Crippen LogP contribution in [0, 0.1) is 0 Å². The van der Waals surface area contributed by atoms with Gasteiger partial charge in [0.1, 0.15) is 0 Å². The molecule has 0 saturated heterocycles. The van der Waals surface area contributed by atoms with Gasteiger partial charge in [0.25, 0.3) is 0 Å². The average Bonchev–Trinajstić information content (AvgIpc) is 2.91. The summed E-state index contributed by atoms with van der Waals surface area (Å²) in [4.78, 5) is 7.98. The van der Waals surface area contributed by atoms with Crippen molar-refractivity contribution in [2.24, 2.45) is 5.73 Å². The number of thiophene rings is 1. The summed E-state index contributed by atoms with van der Waals surface area (Å²) in [6.07, 6.45) is 1.89. The number of hydrogen-bond donors (Lipinski definition) is 1. The minimum absolute atomic E-state index is 0.0147. The Labute approximate surface area is 112 Å². The van der Waals surface area contributed by atoms with Crippen molar-refractivity contribution in [3.8, 4) is 0 Å². The summed E-state index contributed by atoms with van der Waals surface area (Å²) >= 11 is 1.78. The van der Waals surface area contributed by atoms with Gasteiger partial charge in [-0.2, -0.15) is 0 Å². The third-order valence-electron chi connectivity index (χ3n) is 3.18. The maximum atomic E-state index is 5.80. The van der Waals surface area contributed by atoms with Gasteiger partial charge in [0.05, 0.1) is 23.6 Å². The summed E-state index contributed by atoms with van der Waals surface area (Å²) in [6, 6.07) is 8.66. The minimum atomic E-state index is -0.0147. The molecule has 0 fully saturated rings. The highest BCUT2D eigenvalue weighted by molar-refractivity contribution is 7.10. The fourth-order valence-corrected chi connectivity index (χ4v) is 2.65. The van der Waals surface area contributed by atoms with E-state index in [4.69, 9.17) is 5.73 Å². The van der Waals surface area contributed by atoms with E-state index in [1.807, 2.05) is 19.2 Å². The van der Waals surface area contributed by atoms with E-state index >= 15 is 0 Å². The van der Waals surface area contributed by atoms with Crippen molar-refractivity contribution in [3.05, 3.63) is 46.4 Å². The zero-order valence-electron chi connectivity index (χ0n) is 11.0. The Kier molecular flexibility index (Phi) is 3.99. The highest BCUT2D eigenvalue weighted by atomic mass is 32.1. The van der Waals surface area contributed by atoms with Gasteiger partial charge in [-0.05, 0) is 37.4 Å². The molecule has 96 valence electrons. The Hall–Kier alpha value is -1.39. The molecular weight excluding hydrogens is 242 g/mol. The Balaban J connectivity index is 2.16. The number of pyridine rings is 1. The molecule has 2 aromatic heterocycles. The van der Waals surface area contributed by atoms with Gasteiger partial charge in [-0.25, -0.2) is 0 Å². The molecule has 0 saturated carbocycles. The number of nitrogens with zero attached hydrogens (tertiary/aromatic N) is 2. The zero-order chi connectivity index (χ0) is 13.1. The Morgan fingerprint density at radius 1 is 1.28 bits per heavy atom. The van der Waals surface area contributed by atoms with Crippen LogP contribution < -0.4 is 10.6 Å². The molecule has 2 aromatic rings. The molecule has 3 nitrogen and oxygen atoms in total. The molecule has 0 aliphatic carbocycles. The lowest BCUT2D eigenvalue weighted by molar-refractivity contribution is 0.744. The predicted octanol–water partition coefficient (Wildman–Crippen LogP) is 3.36. The van der Waals surface area contributed by atoms with Crippen LogP contribution in [0.15, 0.2) is 35.8 Å². The Morgan fingerprint density at radius 2 is 2.06 bits per heavy atom. The normalized spacial score (nSPS) is 14.2. The van der Waals surface area contributed by atoms with Crippen molar-refractivity contribution in [1.82, 2.24) is 4.98 Å². The highest BCUT2D eigenvalue weighted by Gasteiger charge is 2.13. The first-order valence-electron chi connectivity index (χ1n) is 6.07. The van der Waals surface area contributed by atoms with E-state index in [-0.39, 0.29) is 6.04 Å². The molecule has 0 aromatic carbocycles. The molecule has 1 unspecified atom stereocenters. The summed E-state index contributed by atoms with van der Waals surface area (Å²) in [5.41, 5.74) is 7.84. The van der Waals surface area contributed by atoms with E-state index in [1.54, 1.807) is 11.3 Å². The first-order chi connectivity index (χ1) is 8.59. The molecule has 18 heavy (non-hydrogen) atoms. The third-order valence-corrected chi connectivity index (χ3v) is 4.22. The van der Waals surface area contributed by atoms with E-state index < -0.39 is 0 Å². The van der Waals surface area contributed by atoms with Crippen molar-refractivity contribution in [2.45, 2.75) is 25.9 Å². The van der Waals surface area contributed by atoms with Crippen LogP contribution in [0.4, 0.5) is 5.69 Å². The van der Waals surface area contributed by atoms with Crippen LogP contribution in [0.5, 0.6) is 0 Å². The van der Waals surface area contributed by atoms with Gasteiger partial charge in [0, 0.05) is 18.0 Å². The largest absolute Gasteiger partial charge is 0.366 e. The van der Waals surface area contributed by atoms with E-state index in [9.17, 15) is 0 Å². The van der Waals surface area contributed by atoms with Crippen molar-refractivity contribution in [2.75, 3.05) is 11.9 Å². The standard InChI is InChI=1S/C14H19N3S/c1-10(15)13-7-6-12(9-16-13)17(3)11(2)14-5-4-8-18-14/h4-11H,15H2,1-3H3/t10-,11?/m0/s1. The fourth-order valence-electron chi connectivity index (χ4n) is 1.82. The summed E-state index contributed by atoms with van der Waals surface area (Å²) in [7, 11) is 2.09. The topological polar surface area (TPSA) is 42.1 Å². The minimum Gasteiger partial charge on any atom is -0.366 e. The molecule has 4 heteroatoms. The lowest BCUT2D eigenvalue weighted by atomic mass is 10.2. The van der Waals surface area contributed by atoms with Crippen molar-refractivity contribution < 1.29 is 0 Å². The Bertz CT molecular complexity index is 476. The Morgan fingerprint density at radius 3 is 2.56 bits per heavy atom. The van der Waals surface area contributed by atoms with Crippen LogP contribution in [-0.4, -0.2) is 12.0 Å². The molecule has 2 N–H and O–H groups in total. The first-order valence-corrected chi connectivity index (χ1v) is 6.95. The number of hydrogen-bond acceptors (Lipinski definition) is 4. The van der Waals surface area contributed by atoms with Crippen LogP contribution in [0.2, 0.25) is 0 Å². The molecule has 0 bridgehead atoms. The zero-order valence-corrected chi connectivity index (χ0v) is 11.8. The SMILES string of the molecule is CC(c1cccs1)N(C)c1ccc([C@H](C)N)nc1. The van der Waals surface area contributed by atoms with Crippen molar-refractivity contribution in [3.63, 3.8) is 0 Å². The molecule has 0 spiro atoms. The summed E-state index contributed by atoms with van der Waals surface area (Å²) in [6.45, 7) is 4.14. The summed E-state index contributed by atoms with van der Waals surface area (Å²) < 4.78 is 0. The van der Waals surface area contributed by atoms with E-state index in [2.05, 4.69) is 47.4 Å². The van der Waals surface area contributed by atoms with Gasteiger partial charge in [-0.15, -0.1) is 11.3 Å². The number of rotatable bonds is 4. The molecular formula is C14H19N3S. The fraction of sp³-hybridized carbons (Fsp3) is 0.357. The van der Waals surface area contributed by atoms with Crippen LogP contribution in [-0.2, 0) is 0 Å². The second-order valence-electron chi connectivity index (χ2n) is 4.53. The molecule has 2 heterocycles. The van der Waals surface area contributed by atoms with Gasteiger partial charge < -0.3 is 10.6 Å². The predicted molar refractivity (Wildman–Crippen MR) is 78.0 cm³/mol. The van der Waals surface area contributed by atoms with E-state index in [1.165, 1.54) is 4.88 Å². The second-order valence-corrected chi connectivity index (χ2v) is 5.51. The van der Waals surface area contributed by atoms with Crippen molar-refractivity contribution in [1.29, 1.82) is 0 Å². The maximum absolute atomic E-state index is 5.80. The van der Waals surface area contributed by atoms with Gasteiger partial charge in [0.2, 0.25) is 0 Å². The summed E-state index contributed by atoms with van der Waals surface area (Å²) in [5, 5.41) is 2.11. The average molecular weight is 261 g/mol. The smallest absolute Gasteiger partial charge is 0.0604 e. The summed E-state index contributed by atoms with van der Waals surface area (Å²) in [5.74, 6) is 0. The quantitative estimate of drug-likeness (QED) is 0.917. The number of aromatic nitrogens is 1. The highest BCUT2D eigenvalue weighted by Crippen LogP contribution is 2.27. The number of anilines is 1. The monoisotopic (exact) mass is 261 g/mol. The van der Waals surface area contributed by atoms with Gasteiger partial charge in [-0.1, -0.05) is 6.07 Å². The van der Waals surface area contributed by atoms with E-state index in [0.717, 1.165) is 11.4 Å². The van der Waals surface area contributed by atoms with Gasteiger partial charge in [-0.3, -0.25) is 4.98 Å². The molecule has 0 aliphatic rings. The molecule has 0 radical (unpaired) electrons. The van der Waals surface area contributed by atoms with Crippen LogP contribution in [0.3, 0.4) is 0 Å². The van der Waals surface area contributed by atoms with Crippen LogP contribution in [0.25, 0.3) is 0 Å². The maximum Gasteiger partial charge on any atom is 0.0604 e. The van der Waals surface area contributed by atoms with Gasteiger partial charge >= 0.3 is 0 Å². The second kappa shape index (κ2) is 5.50. The van der Waals surface area contributed by atoms with Crippen molar-refractivity contribution >= 4 is 17.0 Å². The first kappa shape index (κ1) is 13.1. The number of nitrogens with two attached hydrogens (primary N) is 1. The lowest BCUT2D eigenvalue weighted by Crippen LogP contribution is -2.21. The molecule has 0 amide bonds. The van der Waals surface area contributed by atoms with E-state index in [0.29, 0.717) is 6.04 Å².